The lowest BCUT2D eigenvalue weighted by atomic mass is 10.1. The molecule has 1 saturated carbocycles. The number of nitrogens with one attached hydrogen (secondary N) is 1. The van der Waals surface area contributed by atoms with Gasteiger partial charge in [-0.1, -0.05) is 37.3 Å². The number of carbonyl (C=O) groups excluding carboxylic acids is 1. The Hall–Kier alpha value is -2.04. The van der Waals surface area contributed by atoms with Gasteiger partial charge in [0.1, 0.15) is 5.60 Å². The number of rotatable bonds is 3. The van der Waals surface area contributed by atoms with E-state index in [9.17, 15) is 14.7 Å². The highest BCUT2D eigenvalue weighted by atomic mass is 16.6. The zero-order valence-electron chi connectivity index (χ0n) is 12.7. The van der Waals surface area contributed by atoms with Gasteiger partial charge in [-0.15, -0.1) is 0 Å². The lowest BCUT2D eigenvalue weighted by molar-refractivity contribution is -0.141. The minimum atomic E-state index is -1.29. The van der Waals surface area contributed by atoms with Crippen LogP contribution in [0.2, 0.25) is 0 Å². The van der Waals surface area contributed by atoms with E-state index in [-0.39, 0.29) is 11.8 Å². The van der Waals surface area contributed by atoms with Gasteiger partial charge in [-0.25, -0.2) is 9.59 Å². The van der Waals surface area contributed by atoms with Crippen molar-refractivity contribution in [1.29, 1.82) is 0 Å². The van der Waals surface area contributed by atoms with Gasteiger partial charge < -0.3 is 15.2 Å². The topological polar surface area (TPSA) is 75.6 Å². The van der Waals surface area contributed by atoms with Crippen LogP contribution in [0.4, 0.5) is 4.79 Å². The summed E-state index contributed by atoms with van der Waals surface area (Å²) in [6.07, 6.45) is -0.699. The largest absolute Gasteiger partial charge is 0.479 e. The number of aliphatic carboxylic acids is 1. The van der Waals surface area contributed by atoms with Gasteiger partial charge in [0.25, 0.3) is 0 Å². The second-order valence-electron chi connectivity index (χ2n) is 6.48. The Morgan fingerprint density at radius 3 is 2.29 bits per heavy atom. The van der Waals surface area contributed by atoms with Crippen LogP contribution in [0.3, 0.4) is 0 Å². The number of carboxylic acid groups (broad SMARTS) is 1. The Balaban J connectivity index is 2.21. The maximum atomic E-state index is 11.9. The molecule has 1 fully saturated rings. The fourth-order valence-corrected chi connectivity index (χ4v) is 2.82. The molecule has 1 aromatic carbocycles. The summed E-state index contributed by atoms with van der Waals surface area (Å²) < 4.78 is 5.18. The van der Waals surface area contributed by atoms with E-state index in [0.717, 1.165) is 5.56 Å². The molecule has 0 aromatic heterocycles. The highest BCUT2D eigenvalue weighted by Crippen LogP contribution is 2.57. The Labute approximate surface area is 124 Å². The summed E-state index contributed by atoms with van der Waals surface area (Å²) >= 11 is 0. The molecule has 5 nitrogen and oxygen atoms in total. The van der Waals surface area contributed by atoms with Gasteiger partial charge in [0.15, 0.2) is 5.54 Å². The van der Waals surface area contributed by atoms with E-state index in [1.807, 2.05) is 37.3 Å². The quantitative estimate of drug-likeness (QED) is 0.898. The summed E-state index contributed by atoms with van der Waals surface area (Å²) in [6.45, 7) is 7.05. The van der Waals surface area contributed by atoms with Crippen LogP contribution in [-0.4, -0.2) is 28.3 Å². The molecule has 1 aliphatic carbocycles. The summed E-state index contributed by atoms with van der Waals surface area (Å²) in [6, 6.07) is 9.35. The van der Waals surface area contributed by atoms with Crippen molar-refractivity contribution in [2.24, 2.45) is 5.92 Å². The highest BCUT2D eigenvalue weighted by Gasteiger charge is 2.69. The summed E-state index contributed by atoms with van der Waals surface area (Å²) in [5, 5.41) is 12.1. The monoisotopic (exact) mass is 291 g/mol. The van der Waals surface area contributed by atoms with Crippen molar-refractivity contribution in [3.63, 3.8) is 0 Å². The molecule has 0 radical (unpaired) electrons. The maximum absolute atomic E-state index is 11.9. The molecule has 5 heteroatoms. The molecular formula is C16H21NO4. The molecule has 0 heterocycles. The van der Waals surface area contributed by atoms with Crippen LogP contribution >= 0.6 is 0 Å². The van der Waals surface area contributed by atoms with E-state index in [0.29, 0.717) is 0 Å². The number of alkyl carbamates (subject to hydrolysis) is 1. The van der Waals surface area contributed by atoms with E-state index in [2.05, 4.69) is 5.32 Å². The average molecular weight is 291 g/mol. The van der Waals surface area contributed by atoms with Gasteiger partial charge in [-0.2, -0.15) is 0 Å². The maximum Gasteiger partial charge on any atom is 0.408 e. The van der Waals surface area contributed by atoms with E-state index < -0.39 is 23.2 Å². The standard InChI is InChI=1S/C16H21NO4/c1-10-12(11-8-6-5-7-9-11)16(10,13(18)19)17-14(20)21-15(2,3)4/h5-10,12H,1-4H3,(H,17,20)(H,18,19). The van der Waals surface area contributed by atoms with Gasteiger partial charge >= 0.3 is 12.1 Å². The number of hydrogen-bond acceptors (Lipinski definition) is 3. The zero-order chi connectivity index (χ0) is 15.8. The van der Waals surface area contributed by atoms with Crippen molar-refractivity contribution in [1.82, 2.24) is 5.32 Å². The zero-order valence-corrected chi connectivity index (χ0v) is 12.7. The van der Waals surface area contributed by atoms with Crippen LogP contribution in [0.5, 0.6) is 0 Å². The molecule has 2 rings (SSSR count). The average Bonchev–Trinajstić information content (AvgIpc) is 2.94. The normalized spacial score (nSPS) is 27.8. The first kappa shape index (κ1) is 15.4. The summed E-state index contributed by atoms with van der Waals surface area (Å²) in [4.78, 5) is 23.7. The molecule has 1 aromatic rings. The molecule has 114 valence electrons. The molecule has 1 amide bonds. The third-order valence-electron chi connectivity index (χ3n) is 3.82. The van der Waals surface area contributed by atoms with Gasteiger partial charge in [0.2, 0.25) is 0 Å². The van der Waals surface area contributed by atoms with E-state index in [4.69, 9.17) is 4.74 Å². The molecular weight excluding hydrogens is 270 g/mol. The number of ether oxygens (including phenoxy) is 1. The summed E-state index contributed by atoms with van der Waals surface area (Å²) in [7, 11) is 0. The van der Waals surface area contributed by atoms with Crippen LogP contribution < -0.4 is 5.32 Å². The van der Waals surface area contributed by atoms with Gasteiger partial charge in [-0.3, -0.25) is 0 Å². The third kappa shape index (κ3) is 2.86. The van der Waals surface area contributed by atoms with Crippen molar-refractivity contribution >= 4 is 12.1 Å². The molecule has 0 spiro atoms. The van der Waals surface area contributed by atoms with Gasteiger partial charge in [0, 0.05) is 11.8 Å². The molecule has 0 aliphatic heterocycles. The SMILES string of the molecule is CC1C(c2ccccc2)C1(NC(=O)OC(C)(C)C)C(=O)O. The molecule has 1 aliphatic rings. The number of carbonyl (C=O) groups is 2. The molecule has 3 unspecified atom stereocenters. The van der Waals surface area contributed by atoms with Crippen molar-refractivity contribution in [3.8, 4) is 0 Å². The fourth-order valence-electron chi connectivity index (χ4n) is 2.82. The van der Waals surface area contributed by atoms with E-state index in [1.165, 1.54) is 0 Å². The predicted molar refractivity (Wildman–Crippen MR) is 78.1 cm³/mol. The van der Waals surface area contributed by atoms with Crippen molar-refractivity contribution in [2.45, 2.75) is 44.8 Å². The first-order valence-corrected chi connectivity index (χ1v) is 6.98. The minimum absolute atomic E-state index is 0.190. The second kappa shape index (κ2) is 5.06. The van der Waals surface area contributed by atoms with Crippen LogP contribution in [0, 0.1) is 5.92 Å². The highest BCUT2D eigenvalue weighted by molar-refractivity contribution is 5.90. The number of benzene rings is 1. The molecule has 3 atom stereocenters. The van der Waals surface area contributed by atoms with Crippen LogP contribution in [0.1, 0.15) is 39.2 Å². The van der Waals surface area contributed by atoms with Crippen molar-refractivity contribution in [3.05, 3.63) is 35.9 Å². The lowest BCUT2D eigenvalue weighted by Crippen LogP contribution is -2.47. The summed E-state index contributed by atoms with van der Waals surface area (Å²) in [5.41, 5.74) is -1.04. The Bertz CT molecular complexity index is 549. The first-order valence-electron chi connectivity index (χ1n) is 6.98. The Morgan fingerprint density at radius 1 is 1.24 bits per heavy atom. The van der Waals surface area contributed by atoms with Gasteiger partial charge in [-0.05, 0) is 26.3 Å². The van der Waals surface area contributed by atoms with Crippen molar-refractivity contribution < 1.29 is 19.4 Å². The summed E-state index contributed by atoms with van der Waals surface area (Å²) in [5.74, 6) is -1.47. The smallest absolute Gasteiger partial charge is 0.408 e. The minimum Gasteiger partial charge on any atom is -0.479 e. The Morgan fingerprint density at radius 2 is 1.81 bits per heavy atom. The first-order chi connectivity index (χ1) is 9.68. The van der Waals surface area contributed by atoms with Gasteiger partial charge in [0.05, 0.1) is 0 Å². The number of hydrogen-bond donors (Lipinski definition) is 2. The molecule has 2 N–H and O–H groups in total. The predicted octanol–water partition coefficient (Wildman–Crippen LogP) is 2.77. The number of carboxylic acids is 1. The molecule has 0 saturated heterocycles. The van der Waals surface area contributed by atoms with E-state index >= 15 is 0 Å². The molecule has 0 bridgehead atoms. The Kier molecular flexibility index (Phi) is 3.70. The van der Waals surface area contributed by atoms with Crippen LogP contribution in [0.25, 0.3) is 0 Å². The van der Waals surface area contributed by atoms with Crippen LogP contribution in [-0.2, 0) is 9.53 Å². The lowest BCUT2D eigenvalue weighted by Gasteiger charge is -2.22. The second-order valence-corrected chi connectivity index (χ2v) is 6.48. The number of amides is 1. The third-order valence-corrected chi connectivity index (χ3v) is 3.82. The molecule has 21 heavy (non-hydrogen) atoms. The van der Waals surface area contributed by atoms with Crippen molar-refractivity contribution in [2.75, 3.05) is 0 Å². The fraction of sp³-hybridized carbons (Fsp3) is 0.500. The van der Waals surface area contributed by atoms with E-state index in [1.54, 1.807) is 20.8 Å². The van der Waals surface area contributed by atoms with Crippen LogP contribution in [0.15, 0.2) is 30.3 Å².